The van der Waals surface area contributed by atoms with Crippen LogP contribution in [0.5, 0.6) is 0 Å². The van der Waals surface area contributed by atoms with Gasteiger partial charge in [0.15, 0.2) is 0 Å². The van der Waals surface area contributed by atoms with Gasteiger partial charge in [0.25, 0.3) is 0 Å². The smallest absolute Gasteiger partial charge is 0.372 e. The second-order valence-corrected chi connectivity index (χ2v) is 7.19. The molecule has 144 valence electrons. The number of halogens is 3. The van der Waals surface area contributed by atoms with E-state index in [1.54, 1.807) is 16.8 Å². The van der Waals surface area contributed by atoms with Crippen molar-refractivity contribution >= 4 is 22.9 Å². The number of thiophene rings is 1. The largest absolute Gasteiger partial charge is 0.417 e. The molecule has 0 aliphatic carbocycles. The van der Waals surface area contributed by atoms with Crippen LogP contribution in [0.4, 0.5) is 18.9 Å². The summed E-state index contributed by atoms with van der Waals surface area (Å²) in [4.78, 5) is 12.3. The molecular weight excluding hydrogens is 375 g/mol. The first-order chi connectivity index (χ1) is 12.7. The van der Waals surface area contributed by atoms with Crippen LogP contribution in [-0.2, 0) is 11.0 Å². The van der Waals surface area contributed by atoms with E-state index in [0.717, 1.165) is 6.07 Å². The minimum absolute atomic E-state index is 0.0643. The molecule has 1 atom stereocenters. The summed E-state index contributed by atoms with van der Waals surface area (Å²) in [5, 5.41) is 17.5. The highest BCUT2D eigenvalue weighted by atomic mass is 32.1. The lowest BCUT2D eigenvalue weighted by Gasteiger charge is -2.21. The number of carbonyl (C=O) groups excluding carboxylic acids is 1. The summed E-state index contributed by atoms with van der Waals surface area (Å²) in [6.07, 6.45) is -4.00. The van der Waals surface area contributed by atoms with Crippen molar-refractivity contribution in [1.29, 1.82) is 5.26 Å². The summed E-state index contributed by atoms with van der Waals surface area (Å²) in [7, 11) is 0. The predicted molar refractivity (Wildman–Crippen MR) is 100 cm³/mol. The van der Waals surface area contributed by atoms with E-state index in [4.69, 9.17) is 5.26 Å². The van der Waals surface area contributed by atoms with Crippen molar-refractivity contribution in [2.24, 2.45) is 5.92 Å². The molecule has 4 nitrogen and oxygen atoms in total. The number of benzene rings is 1. The zero-order valence-electron chi connectivity index (χ0n) is 14.9. The molecule has 8 heteroatoms. The van der Waals surface area contributed by atoms with Gasteiger partial charge in [0.1, 0.15) is 12.6 Å². The average molecular weight is 395 g/mol. The number of hydrogen-bond acceptors (Lipinski definition) is 4. The molecule has 2 rings (SSSR count). The highest BCUT2D eigenvalue weighted by Gasteiger charge is 2.34. The second-order valence-electron chi connectivity index (χ2n) is 6.44. The van der Waals surface area contributed by atoms with Gasteiger partial charge in [-0.1, -0.05) is 32.0 Å². The molecule has 27 heavy (non-hydrogen) atoms. The summed E-state index contributed by atoms with van der Waals surface area (Å²) in [5.41, 5.74) is 0.208. The molecule has 2 N–H and O–H groups in total. The predicted octanol–water partition coefficient (Wildman–Crippen LogP) is 4.90. The molecule has 0 aliphatic heterocycles. The van der Waals surface area contributed by atoms with E-state index in [-0.39, 0.29) is 23.9 Å². The first-order valence-corrected chi connectivity index (χ1v) is 9.32. The minimum atomic E-state index is -4.47. The summed E-state index contributed by atoms with van der Waals surface area (Å²) in [5.74, 6) is -0.175. The van der Waals surface area contributed by atoms with Gasteiger partial charge in [0.2, 0.25) is 5.91 Å². The Labute approximate surface area is 160 Å². The molecule has 0 fully saturated rings. The fourth-order valence-electron chi connectivity index (χ4n) is 2.72. The number of alkyl halides is 3. The quantitative estimate of drug-likeness (QED) is 0.656. The van der Waals surface area contributed by atoms with Crippen LogP contribution < -0.4 is 10.6 Å². The van der Waals surface area contributed by atoms with E-state index in [0.29, 0.717) is 17.7 Å². The lowest BCUT2D eigenvalue weighted by Crippen LogP contribution is -2.40. The SMILES string of the molecule is CC(C)C[C@H](Nc1cscc1-c1ccccc1C(F)(F)F)C(=O)NCC#N. The molecule has 0 saturated carbocycles. The van der Waals surface area contributed by atoms with Gasteiger partial charge >= 0.3 is 6.18 Å². The highest BCUT2D eigenvalue weighted by molar-refractivity contribution is 7.08. The van der Waals surface area contributed by atoms with Gasteiger partial charge in [-0.05, 0) is 24.0 Å². The van der Waals surface area contributed by atoms with Crippen molar-refractivity contribution in [2.75, 3.05) is 11.9 Å². The molecule has 1 heterocycles. The molecule has 0 bridgehead atoms. The third-order valence-electron chi connectivity index (χ3n) is 3.88. The zero-order valence-corrected chi connectivity index (χ0v) is 15.7. The highest BCUT2D eigenvalue weighted by Crippen LogP contribution is 2.41. The Kier molecular flexibility index (Phi) is 6.86. The number of nitrogens with zero attached hydrogens (tertiary/aromatic N) is 1. The Morgan fingerprint density at radius 2 is 1.93 bits per heavy atom. The molecule has 0 aliphatic rings. The summed E-state index contributed by atoms with van der Waals surface area (Å²) < 4.78 is 40.1. The van der Waals surface area contributed by atoms with Crippen molar-refractivity contribution in [1.82, 2.24) is 5.32 Å². The van der Waals surface area contributed by atoms with Crippen LogP contribution in [0.15, 0.2) is 35.0 Å². The van der Waals surface area contributed by atoms with Crippen LogP contribution in [0.3, 0.4) is 0 Å². The number of nitriles is 1. The van der Waals surface area contributed by atoms with Crippen LogP contribution in [0, 0.1) is 17.2 Å². The van der Waals surface area contributed by atoms with Gasteiger partial charge in [-0.2, -0.15) is 18.4 Å². The van der Waals surface area contributed by atoms with E-state index in [2.05, 4.69) is 10.6 Å². The summed E-state index contributed by atoms with van der Waals surface area (Å²) in [6, 6.07) is 6.56. The maximum atomic E-state index is 13.4. The van der Waals surface area contributed by atoms with Crippen LogP contribution in [0.25, 0.3) is 11.1 Å². The lowest BCUT2D eigenvalue weighted by atomic mass is 9.99. The van der Waals surface area contributed by atoms with E-state index in [1.165, 1.54) is 23.5 Å². The Balaban J connectivity index is 2.36. The first-order valence-electron chi connectivity index (χ1n) is 8.38. The monoisotopic (exact) mass is 395 g/mol. The molecule has 1 amide bonds. The number of anilines is 1. The Morgan fingerprint density at radius 1 is 1.22 bits per heavy atom. The van der Waals surface area contributed by atoms with Gasteiger partial charge in [-0.3, -0.25) is 4.79 Å². The topological polar surface area (TPSA) is 64.9 Å². The van der Waals surface area contributed by atoms with Crippen LogP contribution >= 0.6 is 11.3 Å². The molecule has 0 radical (unpaired) electrons. The summed E-state index contributed by atoms with van der Waals surface area (Å²) in [6.45, 7) is 3.77. The van der Waals surface area contributed by atoms with Gasteiger partial charge < -0.3 is 10.6 Å². The molecule has 0 unspecified atom stereocenters. The number of nitrogens with one attached hydrogen (secondary N) is 2. The maximum Gasteiger partial charge on any atom is 0.417 e. The van der Waals surface area contributed by atoms with E-state index >= 15 is 0 Å². The van der Waals surface area contributed by atoms with Gasteiger partial charge in [0, 0.05) is 16.3 Å². The standard InChI is InChI=1S/C19H20F3N3OS/c1-12(2)9-16(18(26)24-8-7-23)25-17-11-27-10-14(17)13-5-3-4-6-15(13)19(20,21)22/h3-6,10-12,16,25H,8-9H2,1-2H3,(H,24,26)/t16-/m0/s1. The molecule has 0 spiro atoms. The average Bonchev–Trinajstić information content (AvgIpc) is 3.06. The van der Waals surface area contributed by atoms with Crippen molar-refractivity contribution in [2.45, 2.75) is 32.5 Å². The van der Waals surface area contributed by atoms with Crippen molar-refractivity contribution in [3.63, 3.8) is 0 Å². The summed E-state index contributed by atoms with van der Waals surface area (Å²) >= 11 is 1.26. The van der Waals surface area contributed by atoms with Gasteiger partial charge in [0.05, 0.1) is 17.3 Å². The van der Waals surface area contributed by atoms with Crippen molar-refractivity contribution in [3.05, 3.63) is 40.6 Å². The third-order valence-corrected chi connectivity index (χ3v) is 4.62. The van der Waals surface area contributed by atoms with Crippen LogP contribution in [0.2, 0.25) is 0 Å². The normalized spacial score (nSPS) is 12.5. The number of rotatable bonds is 7. The Morgan fingerprint density at radius 3 is 2.56 bits per heavy atom. The van der Waals surface area contributed by atoms with Gasteiger partial charge in [-0.25, -0.2) is 0 Å². The molecule has 0 saturated heterocycles. The number of amides is 1. The van der Waals surface area contributed by atoms with Gasteiger partial charge in [-0.15, -0.1) is 11.3 Å². The molecular formula is C19H20F3N3OS. The fraction of sp³-hybridized carbons (Fsp3) is 0.368. The van der Waals surface area contributed by atoms with E-state index < -0.39 is 17.8 Å². The fourth-order valence-corrected chi connectivity index (χ4v) is 3.51. The number of hydrogen-bond donors (Lipinski definition) is 2. The maximum absolute atomic E-state index is 13.4. The number of carbonyl (C=O) groups is 1. The first kappa shape index (κ1) is 20.8. The lowest BCUT2D eigenvalue weighted by molar-refractivity contribution is -0.137. The third kappa shape index (κ3) is 5.47. The Hall–Kier alpha value is -2.53. The Bertz CT molecular complexity index is 824. The van der Waals surface area contributed by atoms with Crippen LogP contribution in [-0.4, -0.2) is 18.5 Å². The molecule has 1 aromatic carbocycles. The van der Waals surface area contributed by atoms with Crippen molar-refractivity contribution in [3.8, 4) is 17.2 Å². The molecule has 1 aromatic heterocycles. The van der Waals surface area contributed by atoms with Crippen molar-refractivity contribution < 1.29 is 18.0 Å². The molecule has 2 aromatic rings. The second kappa shape index (κ2) is 8.91. The minimum Gasteiger partial charge on any atom is -0.372 e. The zero-order chi connectivity index (χ0) is 20.0. The van der Waals surface area contributed by atoms with E-state index in [1.807, 2.05) is 19.9 Å². The van der Waals surface area contributed by atoms with Crippen LogP contribution in [0.1, 0.15) is 25.8 Å². The van der Waals surface area contributed by atoms with E-state index in [9.17, 15) is 18.0 Å².